The molecule has 18 heavy (non-hydrogen) atoms. The fourth-order valence-corrected chi connectivity index (χ4v) is 1.89. The van der Waals surface area contributed by atoms with Gasteiger partial charge >= 0.3 is 0 Å². The number of para-hydroxylation sites is 2. The average Bonchev–Trinajstić information content (AvgIpc) is 2.66. The fraction of sp³-hybridized carbons (Fsp3) is 0.333. The Kier molecular flexibility index (Phi) is 3.59. The second-order valence-corrected chi connectivity index (χ2v) is 4.41. The van der Waals surface area contributed by atoms with Crippen molar-refractivity contribution in [1.82, 2.24) is 19.9 Å². The molecule has 96 valence electrons. The average molecular weight is 247 g/mol. The number of carbonyl (C=O) groups excluding carboxylic acids is 1. The Labute approximate surface area is 105 Å². The van der Waals surface area contributed by atoms with Crippen molar-refractivity contribution in [2.75, 3.05) is 14.1 Å². The van der Waals surface area contributed by atoms with Gasteiger partial charge in [-0.25, -0.2) is 10.8 Å². The Bertz CT molecular complexity index is 561. The highest BCUT2D eigenvalue weighted by Gasteiger charge is 2.13. The van der Waals surface area contributed by atoms with Gasteiger partial charge in [0.1, 0.15) is 12.4 Å². The maximum absolute atomic E-state index is 11.5. The smallest absolute Gasteiger partial charge is 0.253 e. The highest BCUT2D eigenvalue weighted by molar-refractivity contribution is 5.80. The number of nitrogens with zero attached hydrogens (tertiary/aromatic N) is 3. The van der Waals surface area contributed by atoms with Crippen LogP contribution in [0, 0.1) is 0 Å². The highest BCUT2D eigenvalue weighted by atomic mass is 16.2. The second kappa shape index (κ2) is 5.16. The van der Waals surface area contributed by atoms with Gasteiger partial charge < -0.3 is 9.47 Å². The lowest BCUT2D eigenvalue weighted by molar-refractivity contribution is -0.121. The van der Waals surface area contributed by atoms with Crippen LogP contribution in [-0.2, 0) is 17.9 Å². The van der Waals surface area contributed by atoms with Gasteiger partial charge in [-0.05, 0) is 26.2 Å². The van der Waals surface area contributed by atoms with E-state index in [9.17, 15) is 4.79 Å². The normalized spacial score (nSPS) is 11.1. The molecule has 1 amide bonds. The van der Waals surface area contributed by atoms with Crippen molar-refractivity contribution in [3.63, 3.8) is 0 Å². The Hall–Kier alpha value is -1.92. The van der Waals surface area contributed by atoms with Crippen LogP contribution in [0.2, 0.25) is 0 Å². The molecule has 0 aliphatic rings. The summed E-state index contributed by atoms with van der Waals surface area (Å²) in [7, 11) is 3.93. The molecule has 0 bridgehead atoms. The molecule has 1 heterocycles. The molecule has 0 aliphatic heterocycles. The van der Waals surface area contributed by atoms with Gasteiger partial charge in [-0.2, -0.15) is 0 Å². The van der Waals surface area contributed by atoms with Gasteiger partial charge in [0.25, 0.3) is 5.91 Å². The van der Waals surface area contributed by atoms with E-state index < -0.39 is 0 Å². The van der Waals surface area contributed by atoms with E-state index in [1.54, 1.807) is 0 Å². The summed E-state index contributed by atoms with van der Waals surface area (Å²) in [4.78, 5) is 18.0. The van der Waals surface area contributed by atoms with Crippen molar-refractivity contribution >= 4 is 16.9 Å². The number of imidazole rings is 1. The number of nitrogens with two attached hydrogens (primary N) is 1. The van der Waals surface area contributed by atoms with Crippen LogP contribution < -0.4 is 11.3 Å². The number of carbonyl (C=O) groups is 1. The van der Waals surface area contributed by atoms with Gasteiger partial charge in [-0.3, -0.25) is 10.2 Å². The number of hydrazine groups is 1. The number of aromatic nitrogens is 2. The maximum atomic E-state index is 11.5. The van der Waals surface area contributed by atoms with Crippen LogP contribution in [0.5, 0.6) is 0 Å². The number of nitrogens with one attached hydrogen (secondary N) is 1. The summed E-state index contributed by atoms with van der Waals surface area (Å²) in [5.74, 6) is 5.75. The molecule has 3 N–H and O–H groups in total. The Morgan fingerprint density at radius 2 is 2.17 bits per heavy atom. The fourth-order valence-electron chi connectivity index (χ4n) is 1.89. The van der Waals surface area contributed by atoms with Gasteiger partial charge in [0.15, 0.2) is 0 Å². The van der Waals surface area contributed by atoms with E-state index in [4.69, 9.17) is 5.84 Å². The largest absolute Gasteiger partial charge is 0.317 e. The van der Waals surface area contributed by atoms with Crippen LogP contribution in [0.15, 0.2) is 24.3 Å². The van der Waals surface area contributed by atoms with Crippen molar-refractivity contribution in [1.29, 1.82) is 0 Å². The number of rotatable bonds is 4. The molecule has 6 nitrogen and oxygen atoms in total. The van der Waals surface area contributed by atoms with Crippen molar-refractivity contribution < 1.29 is 4.79 Å². The minimum atomic E-state index is -0.238. The number of fused-ring (bicyclic) bond motifs is 1. The summed E-state index contributed by atoms with van der Waals surface area (Å²) in [5.41, 5.74) is 3.98. The zero-order valence-electron chi connectivity index (χ0n) is 10.6. The molecule has 0 unspecified atom stereocenters. The van der Waals surface area contributed by atoms with E-state index in [1.165, 1.54) is 0 Å². The van der Waals surface area contributed by atoms with Crippen LogP contribution in [0.1, 0.15) is 5.82 Å². The summed E-state index contributed by atoms with van der Waals surface area (Å²) in [6.45, 7) is 0.854. The third-order valence-corrected chi connectivity index (χ3v) is 2.65. The van der Waals surface area contributed by atoms with Crippen LogP contribution in [0.3, 0.4) is 0 Å². The van der Waals surface area contributed by atoms with Gasteiger partial charge in [0, 0.05) is 0 Å². The predicted molar refractivity (Wildman–Crippen MR) is 69.5 cm³/mol. The van der Waals surface area contributed by atoms with E-state index in [2.05, 4.69) is 10.4 Å². The summed E-state index contributed by atoms with van der Waals surface area (Å²) >= 11 is 0. The van der Waals surface area contributed by atoms with Crippen molar-refractivity contribution in [3.05, 3.63) is 30.1 Å². The van der Waals surface area contributed by atoms with Crippen molar-refractivity contribution in [3.8, 4) is 0 Å². The molecule has 1 aromatic carbocycles. The topological polar surface area (TPSA) is 76.2 Å². The molecule has 0 saturated heterocycles. The summed E-state index contributed by atoms with van der Waals surface area (Å²) < 4.78 is 1.89. The first-order valence-electron chi connectivity index (χ1n) is 5.70. The van der Waals surface area contributed by atoms with E-state index in [0.717, 1.165) is 16.9 Å². The van der Waals surface area contributed by atoms with Gasteiger partial charge in [-0.15, -0.1) is 0 Å². The third-order valence-electron chi connectivity index (χ3n) is 2.65. The number of hydrogen-bond donors (Lipinski definition) is 2. The first-order valence-corrected chi connectivity index (χ1v) is 5.70. The van der Waals surface area contributed by atoms with Crippen LogP contribution >= 0.6 is 0 Å². The van der Waals surface area contributed by atoms with Gasteiger partial charge in [-0.1, -0.05) is 12.1 Å². The van der Waals surface area contributed by atoms with Gasteiger partial charge in [0.2, 0.25) is 0 Å². The lowest BCUT2D eigenvalue weighted by atomic mass is 10.3. The van der Waals surface area contributed by atoms with Crippen molar-refractivity contribution in [2.45, 2.75) is 13.1 Å². The number of amides is 1. The molecule has 0 atom stereocenters. The quantitative estimate of drug-likeness (QED) is 0.456. The molecule has 0 radical (unpaired) electrons. The highest BCUT2D eigenvalue weighted by Crippen LogP contribution is 2.16. The Morgan fingerprint density at radius 3 is 2.83 bits per heavy atom. The molecule has 2 aromatic rings. The molecule has 1 aromatic heterocycles. The SMILES string of the molecule is CN(C)Cc1nc2ccccc2n1CC(=O)NN. The third kappa shape index (κ3) is 2.49. The van der Waals surface area contributed by atoms with E-state index in [-0.39, 0.29) is 12.5 Å². The summed E-state index contributed by atoms with van der Waals surface area (Å²) in [6.07, 6.45) is 0. The zero-order valence-corrected chi connectivity index (χ0v) is 10.6. The van der Waals surface area contributed by atoms with E-state index in [1.807, 2.05) is 47.8 Å². The Morgan fingerprint density at radius 1 is 1.44 bits per heavy atom. The van der Waals surface area contributed by atoms with E-state index in [0.29, 0.717) is 6.54 Å². The molecule has 0 fully saturated rings. The first kappa shape index (κ1) is 12.5. The van der Waals surface area contributed by atoms with Gasteiger partial charge in [0.05, 0.1) is 17.6 Å². The summed E-state index contributed by atoms with van der Waals surface area (Å²) in [6, 6.07) is 7.75. The van der Waals surface area contributed by atoms with Crippen LogP contribution in [0.4, 0.5) is 0 Å². The monoisotopic (exact) mass is 247 g/mol. The molecule has 2 rings (SSSR count). The zero-order chi connectivity index (χ0) is 13.1. The molecule has 0 spiro atoms. The van der Waals surface area contributed by atoms with Crippen LogP contribution in [0.25, 0.3) is 11.0 Å². The summed E-state index contributed by atoms with van der Waals surface area (Å²) in [5, 5.41) is 0. The standard InChI is InChI=1S/C12H17N5O/c1-16(2)7-11-14-9-5-3-4-6-10(9)17(11)8-12(18)15-13/h3-6H,7-8,13H2,1-2H3,(H,15,18). The second-order valence-electron chi connectivity index (χ2n) is 4.41. The molecular formula is C12H17N5O. The minimum Gasteiger partial charge on any atom is -0.317 e. The lowest BCUT2D eigenvalue weighted by Crippen LogP contribution is -2.34. The Balaban J connectivity index is 2.47. The molecular weight excluding hydrogens is 230 g/mol. The molecule has 6 heteroatoms. The first-order chi connectivity index (χ1) is 8.61. The van der Waals surface area contributed by atoms with Crippen molar-refractivity contribution in [2.24, 2.45) is 5.84 Å². The lowest BCUT2D eigenvalue weighted by Gasteiger charge is -2.12. The van der Waals surface area contributed by atoms with E-state index >= 15 is 0 Å². The molecule has 0 saturated carbocycles. The maximum Gasteiger partial charge on any atom is 0.253 e. The number of benzene rings is 1. The number of hydrogen-bond acceptors (Lipinski definition) is 4. The molecule has 0 aliphatic carbocycles. The predicted octanol–water partition coefficient (Wildman–Crippen LogP) is 0.0878. The van der Waals surface area contributed by atoms with Crippen LogP contribution in [-0.4, -0.2) is 34.5 Å². The minimum absolute atomic E-state index is 0.181.